The SMILES string of the molecule is CC/C=C\C/C=C\C/C=C\C/C=C\C/C=C\C/C=C\C/C=C\C/C=C\CCCCCCCCC(=O)OC(CO)COC(=O)CCCCCCCCCCC/C=C\CCCCCCCCCC. The van der Waals surface area contributed by atoms with Crippen LogP contribution in [0.2, 0.25) is 0 Å². The first-order valence-corrected chi connectivity index (χ1v) is 27.4. The summed E-state index contributed by atoms with van der Waals surface area (Å²) in [5.41, 5.74) is 0. The molecule has 0 rings (SSSR count). The lowest BCUT2D eigenvalue weighted by Gasteiger charge is -2.15. The number of allylic oxidation sites excluding steroid dienone is 18. The van der Waals surface area contributed by atoms with Crippen molar-refractivity contribution in [1.82, 2.24) is 0 Å². The van der Waals surface area contributed by atoms with Crippen molar-refractivity contribution >= 4 is 11.9 Å². The molecule has 0 aromatic heterocycles. The fourth-order valence-corrected chi connectivity index (χ4v) is 7.45. The Kier molecular flexibility index (Phi) is 53.0. The molecule has 1 N–H and O–H groups in total. The molecular formula is C61H102O5. The van der Waals surface area contributed by atoms with Gasteiger partial charge in [0.25, 0.3) is 0 Å². The zero-order valence-corrected chi connectivity index (χ0v) is 42.9. The Labute approximate surface area is 408 Å². The maximum atomic E-state index is 12.3. The van der Waals surface area contributed by atoms with Crippen LogP contribution in [0.15, 0.2) is 109 Å². The second kappa shape index (κ2) is 55.9. The van der Waals surface area contributed by atoms with Gasteiger partial charge in [-0.05, 0) is 103 Å². The summed E-state index contributed by atoms with van der Waals surface area (Å²) in [5, 5.41) is 9.64. The summed E-state index contributed by atoms with van der Waals surface area (Å²) >= 11 is 0. The molecule has 5 nitrogen and oxygen atoms in total. The second-order valence-corrected chi connectivity index (χ2v) is 17.9. The Hall–Kier alpha value is -3.44. The van der Waals surface area contributed by atoms with E-state index in [2.05, 4.69) is 123 Å². The van der Waals surface area contributed by atoms with E-state index in [0.29, 0.717) is 12.8 Å². The van der Waals surface area contributed by atoms with Gasteiger partial charge in [0, 0.05) is 12.8 Å². The van der Waals surface area contributed by atoms with Crippen molar-refractivity contribution in [2.45, 2.75) is 251 Å². The van der Waals surface area contributed by atoms with Gasteiger partial charge in [-0.2, -0.15) is 0 Å². The summed E-state index contributed by atoms with van der Waals surface area (Å²) in [6.45, 7) is 4.02. The molecule has 0 aliphatic heterocycles. The van der Waals surface area contributed by atoms with Crippen molar-refractivity contribution in [3.8, 4) is 0 Å². The molecular weight excluding hydrogens is 813 g/mol. The van der Waals surface area contributed by atoms with Gasteiger partial charge in [0.15, 0.2) is 6.10 Å². The van der Waals surface area contributed by atoms with Crippen LogP contribution in [-0.2, 0) is 19.1 Å². The third kappa shape index (κ3) is 53.2. The molecule has 66 heavy (non-hydrogen) atoms. The van der Waals surface area contributed by atoms with E-state index in [1.807, 2.05) is 0 Å². The largest absolute Gasteiger partial charge is 0.462 e. The highest BCUT2D eigenvalue weighted by Crippen LogP contribution is 2.14. The Bertz CT molecular complexity index is 1310. The minimum atomic E-state index is -0.789. The number of unbranched alkanes of at least 4 members (excludes halogenated alkanes) is 23. The van der Waals surface area contributed by atoms with Gasteiger partial charge in [-0.3, -0.25) is 9.59 Å². The van der Waals surface area contributed by atoms with Crippen LogP contribution in [-0.4, -0.2) is 36.4 Å². The van der Waals surface area contributed by atoms with Gasteiger partial charge in [0.05, 0.1) is 6.61 Å². The lowest BCUT2D eigenvalue weighted by atomic mass is 10.1. The first kappa shape index (κ1) is 62.6. The number of ether oxygens (including phenoxy) is 2. The standard InChI is InChI=1S/C61H102O5/c1-3-5-7-9-11-13-15-17-19-21-23-25-26-27-28-29-30-31-32-33-34-36-38-40-42-44-46-48-50-52-54-56-61(64)66-59(57-62)58-65-60(63)55-53-51-49-47-45-43-41-39-37-35-24-22-20-18-16-14-12-10-8-6-4-2/h5,7,11,13,17,19,22-25,27-28,30-31,33-34,38,40,59,62H,3-4,6,8-10,12,14-16,18,20-21,26,29,32,35-37,39,41-58H2,1-2H3/b7-5-,13-11-,19-17-,24-22-,25-23-,28-27-,31-30-,34-33-,40-38-. The molecule has 0 fully saturated rings. The number of carbonyl (C=O) groups is 2. The molecule has 0 radical (unpaired) electrons. The van der Waals surface area contributed by atoms with Gasteiger partial charge in [0.2, 0.25) is 0 Å². The minimum absolute atomic E-state index is 0.0782. The molecule has 0 aromatic rings. The van der Waals surface area contributed by atoms with Crippen molar-refractivity contribution in [3.05, 3.63) is 109 Å². The number of rotatable bonds is 49. The smallest absolute Gasteiger partial charge is 0.306 e. The van der Waals surface area contributed by atoms with Crippen molar-refractivity contribution in [3.63, 3.8) is 0 Å². The van der Waals surface area contributed by atoms with E-state index in [9.17, 15) is 14.7 Å². The summed E-state index contributed by atoms with van der Waals surface area (Å²) in [6, 6.07) is 0. The Morgan fingerprint density at radius 3 is 1.00 bits per heavy atom. The quantitative estimate of drug-likeness (QED) is 0.0374. The summed E-state index contributed by atoms with van der Waals surface area (Å²) in [6.07, 6.45) is 80.4. The monoisotopic (exact) mass is 915 g/mol. The predicted octanol–water partition coefficient (Wildman–Crippen LogP) is 18.5. The Balaban J connectivity index is 3.60. The van der Waals surface area contributed by atoms with E-state index in [-0.39, 0.29) is 25.2 Å². The lowest BCUT2D eigenvalue weighted by molar-refractivity contribution is -0.161. The number of hydrogen-bond acceptors (Lipinski definition) is 5. The molecule has 0 spiro atoms. The van der Waals surface area contributed by atoms with E-state index >= 15 is 0 Å². The minimum Gasteiger partial charge on any atom is -0.462 e. The van der Waals surface area contributed by atoms with Crippen LogP contribution < -0.4 is 0 Å². The van der Waals surface area contributed by atoms with E-state index in [0.717, 1.165) is 96.3 Å². The Morgan fingerprint density at radius 1 is 0.364 bits per heavy atom. The van der Waals surface area contributed by atoms with Crippen molar-refractivity contribution in [2.75, 3.05) is 13.2 Å². The average molecular weight is 915 g/mol. The highest BCUT2D eigenvalue weighted by Gasteiger charge is 2.16. The molecule has 0 saturated heterocycles. The van der Waals surface area contributed by atoms with Crippen LogP contribution >= 0.6 is 0 Å². The zero-order valence-electron chi connectivity index (χ0n) is 42.9. The fourth-order valence-electron chi connectivity index (χ4n) is 7.45. The number of hydrogen-bond donors (Lipinski definition) is 1. The third-order valence-electron chi connectivity index (χ3n) is 11.6. The maximum Gasteiger partial charge on any atom is 0.306 e. The molecule has 376 valence electrons. The maximum absolute atomic E-state index is 12.3. The number of aliphatic hydroxyl groups is 1. The summed E-state index contributed by atoms with van der Waals surface area (Å²) in [4.78, 5) is 24.5. The van der Waals surface area contributed by atoms with Crippen LogP contribution in [0.5, 0.6) is 0 Å². The van der Waals surface area contributed by atoms with E-state index in [1.54, 1.807) is 0 Å². The second-order valence-electron chi connectivity index (χ2n) is 17.9. The van der Waals surface area contributed by atoms with Gasteiger partial charge in [-0.1, -0.05) is 239 Å². The highest BCUT2D eigenvalue weighted by atomic mass is 16.6. The number of carbonyl (C=O) groups excluding carboxylic acids is 2. The summed E-state index contributed by atoms with van der Waals surface area (Å²) in [5.74, 6) is -0.612. The molecule has 1 atom stereocenters. The summed E-state index contributed by atoms with van der Waals surface area (Å²) in [7, 11) is 0. The van der Waals surface area contributed by atoms with Crippen LogP contribution in [0.25, 0.3) is 0 Å². The normalized spacial score (nSPS) is 13.1. The topological polar surface area (TPSA) is 72.8 Å². The van der Waals surface area contributed by atoms with E-state index < -0.39 is 6.10 Å². The van der Waals surface area contributed by atoms with Crippen molar-refractivity contribution < 1.29 is 24.2 Å². The van der Waals surface area contributed by atoms with Gasteiger partial charge in [0.1, 0.15) is 6.61 Å². The van der Waals surface area contributed by atoms with Crippen molar-refractivity contribution in [1.29, 1.82) is 0 Å². The van der Waals surface area contributed by atoms with Gasteiger partial charge >= 0.3 is 11.9 Å². The Morgan fingerprint density at radius 2 is 0.652 bits per heavy atom. The van der Waals surface area contributed by atoms with Crippen LogP contribution in [0.1, 0.15) is 245 Å². The lowest BCUT2D eigenvalue weighted by Crippen LogP contribution is -2.28. The molecule has 0 aliphatic rings. The first-order valence-electron chi connectivity index (χ1n) is 27.4. The van der Waals surface area contributed by atoms with Crippen LogP contribution in [0, 0.1) is 0 Å². The molecule has 0 bridgehead atoms. The molecule has 5 heteroatoms. The zero-order chi connectivity index (χ0) is 47.7. The molecule has 0 amide bonds. The number of esters is 2. The summed E-state index contributed by atoms with van der Waals surface area (Å²) < 4.78 is 10.7. The fraction of sp³-hybridized carbons (Fsp3) is 0.672. The van der Waals surface area contributed by atoms with Crippen LogP contribution in [0.3, 0.4) is 0 Å². The molecule has 0 aromatic carbocycles. The highest BCUT2D eigenvalue weighted by molar-refractivity contribution is 5.70. The molecule has 0 heterocycles. The predicted molar refractivity (Wildman–Crippen MR) is 288 cm³/mol. The molecule has 1 unspecified atom stereocenters. The van der Waals surface area contributed by atoms with E-state index in [1.165, 1.54) is 122 Å². The third-order valence-corrected chi connectivity index (χ3v) is 11.6. The molecule has 0 saturated carbocycles. The van der Waals surface area contributed by atoms with Gasteiger partial charge < -0.3 is 14.6 Å². The van der Waals surface area contributed by atoms with Gasteiger partial charge in [-0.25, -0.2) is 0 Å². The average Bonchev–Trinajstić information content (AvgIpc) is 3.32. The molecule has 0 aliphatic carbocycles. The number of aliphatic hydroxyl groups excluding tert-OH is 1. The van der Waals surface area contributed by atoms with Gasteiger partial charge in [-0.15, -0.1) is 0 Å². The van der Waals surface area contributed by atoms with Crippen molar-refractivity contribution in [2.24, 2.45) is 0 Å². The first-order chi connectivity index (χ1) is 32.6. The van der Waals surface area contributed by atoms with Crippen LogP contribution in [0.4, 0.5) is 0 Å². The van der Waals surface area contributed by atoms with E-state index in [4.69, 9.17) is 9.47 Å².